The molecule has 2 aliphatic heterocycles. The number of phenols is 1. The van der Waals surface area contributed by atoms with Crippen molar-refractivity contribution in [3.63, 3.8) is 0 Å². The average Bonchev–Trinajstić information content (AvgIpc) is 3.34. The molecule has 1 aromatic heterocycles. The van der Waals surface area contributed by atoms with E-state index in [0.717, 1.165) is 66.1 Å². The molecule has 2 aliphatic rings. The van der Waals surface area contributed by atoms with Gasteiger partial charge >= 0.3 is 0 Å². The van der Waals surface area contributed by atoms with E-state index in [-0.39, 0.29) is 17.7 Å². The Morgan fingerprint density at radius 2 is 1.94 bits per heavy atom. The highest BCUT2D eigenvalue weighted by molar-refractivity contribution is 6.18. The lowest BCUT2D eigenvalue weighted by atomic mass is 9.96. The van der Waals surface area contributed by atoms with Gasteiger partial charge in [-0.2, -0.15) is 0 Å². The van der Waals surface area contributed by atoms with Crippen LogP contribution in [0, 0.1) is 0 Å². The highest BCUT2D eigenvalue weighted by Crippen LogP contribution is 2.30. The number of pyridine rings is 1. The van der Waals surface area contributed by atoms with Gasteiger partial charge in [-0.05, 0) is 48.4 Å². The van der Waals surface area contributed by atoms with Crippen molar-refractivity contribution in [2.24, 2.45) is 4.99 Å². The van der Waals surface area contributed by atoms with Crippen LogP contribution in [0.15, 0.2) is 71.7 Å². The number of phenolic OH excluding ortho intramolecular Hbond substituents is 1. The number of aromatic hydroxyl groups is 1. The molecular weight excluding hydrogens is 448 g/mol. The number of aliphatic imine (C=N–C) groups is 1. The van der Waals surface area contributed by atoms with Crippen LogP contribution < -0.4 is 5.32 Å². The Kier molecular flexibility index (Phi) is 7.23. The van der Waals surface area contributed by atoms with E-state index in [0.29, 0.717) is 18.7 Å². The van der Waals surface area contributed by atoms with Gasteiger partial charge in [0.2, 0.25) is 0 Å². The molecule has 6 heteroatoms. The molecule has 0 aliphatic carbocycles. The zero-order valence-electron chi connectivity index (χ0n) is 20.7. The van der Waals surface area contributed by atoms with Crippen molar-refractivity contribution < 1.29 is 9.90 Å². The van der Waals surface area contributed by atoms with E-state index in [9.17, 15) is 9.90 Å². The molecule has 0 bridgehead atoms. The molecule has 2 aromatic carbocycles. The Labute approximate surface area is 212 Å². The number of carbonyl (C=O) groups is 1. The summed E-state index contributed by atoms with van der Waals surface area (Å²) in [7, 11) is 0. The van der Waals surface area contributed by atoms with Crippen LogP contribution in [0.5, 0.6) is 5.75 Å². The highest BCUT2D eigenvalue weighted by Gasteiger charge is 2.32. The number of carbonyl (C=O) groups excluding carboxylic acids is 1. The Morgan fingerprint density at radius 3 is 2.72 bits per heavy atom. The molecule has 184 valence electrons. The third kappa shape index (κ3) is 5.09. The van der Waals surface area contributed by atoms with Crippen molar-refractivity contribution in [2.75, 3.05) is 19.6 Å². The largest absolute Gasteiger partial charge is 0.508 e. The van der Waals surface area contributed by atoms with E-state index in [1.807, 2.05) is 65.6 Å². The summed E-state index contributed by atoms with van der Waals surface area (Å²) in [5.41, 5.74) is 5.76. The fourth-order valence-corrected chi connectivity index (χ4v) is 4.94. The Morgan fingerprint density at radius 1 is 1.14 bits per heavy atom. The van der Waals surface area contributed by atoms with E-state index < -0.39 is 0 Å². The summed E-state index contributed by atoms with van der Waals surface area (Å²) in [6.07, 6.45) is 7.21. The topological polar surface area (TPSA) is 77.8 Å². The first-order valence-electron chi connectivity index (χ1n) is 12.8. The highest BCUT2D eigenvalue weighted by atomic mass is 16.3. The van der Waals surface area contributed by atoms with Crippen molar-refractivity contribution >= 4 is 17.7 Å². The van der Waals surface area contributed by atoms with Crippen molar-refractivity contribution in [3.8, 4) is 17.0 Å². The van der Waals surface area contributed by atoms with Crippen LogP contribution in [0.4, 0.5) is 0 Å². The molecule has 0 saturated carbocycles. The van der Waals surface area contributed by atoms with Crippen LogP contribution in [-0.2, 0) is 6.54 Å². The van der Waals surface area contributed by atoms with Gasteiger partial charge in [0.1, 0.15) is 5.75 Å². The molecule has 5 rings (SSSR count). The zero-order valence-corrected chi connectivity index (χ0v) is 20.7. The molecule has 6 nitrogen and oxygen atoms in total. The fraction of sp³-hybridized carbons (Fsp3) is 0.300. The molecule has 3 aromatic rings. The lowest BCUT2D eigenvalue weighted by Gasteiger charge is -2.37. The van der Waals surface area contributed by atoms with E-state index in [1.54, 1.807) is 12.1 Å². The van der Waals surface area contributed by atoms with Crippen molar-refractivity contribution in [1.29, 1.82) is 0 Å². The maximum atomic E-state index is 14.1. The minimum Gasteiger partial charge on any atom is -0.508 e. The molecule has 36 heavy (non-hydrogen) atoms. The SMILES string of the molecule is CCCC[C@H]1CNCCN1C(=O)c1cc(-c2ccc(O)cc2)nc2c1C(/C=C/c1ccccc1)=NC2. The number of allylic oxidation sites excluding steroid dienone is 1. The minimum absolute atomic E-state index is 0.0407. The van der Waals surface area contributed by atoms with E-state index >= 15 is 0 Å². The predicted molar refractivity (Wildman–Crippen MR) is 144 cm³/mol. The molecule has 1 atom stereocenters. The zero-order chi connectivity index (χ0) is 24.9. The third-order valence-electron chi connectivity index (χ3n) is 6.88. The summed E-state index contributed by atoms with van der Waals surface area (Å²) in [4.78, 5) is 25.9. The number of aromatic nitrogens is 1. The second kappa shape index (κ2) is 10.9. The van der Waals surface area contributed by atoms with Gasteiger partial charge in [-0.3, -0.25) is 14.8 Å². The first-order valence-corrected chi connectivity index (χ1v) is 12.8. The quantitative estimate of drug-likeness (QED) is 0.495. The molecular formula is C30H32N4O2. The van der Waals surface area contributed by atoms with Gasteiger partial charge in [-0.15, -0.1) is 0 Å². The Bertz CT molecular complexity index is 1280. The molecule has 0 spiro atoms. The number of hydrogen-bond acceptors (Lipinski definition) is 5. The van der Waals surface area contributed by atoms with Gasteiger partial charge in [-0.1, -0.05) is 56.2 Å². The summed E-state index contributed by atoms with van der Waals surface area (Å²) < 4.78 is 0. The van der Waals surface area contributed by atoms with Crippen molar-refractivity contribution in [3.05, 3.63) is 89.1 Å². The maximum Gasteiger partial charge on any atom is 0.255 e. The van der Waals surface area contributed by atoms with Crippen LogP contribution in [0.3, 0.4) is 0 Å². The molecule has 1 saturated heterocycles. The number of nitrogens with zero attached hydrogens (tertiary/aromatic N) is 3. The smallest absolute Gasteiger partial charge is 0.255 e. The number of fused-ring (bicyclic) bond motifs is 1. The van der Waals surface area contributed by atoms with Crippen LogP contribution in [0.1, 0.15) is 53.4 Å². The number of hydrogen-bond donors (Lipinski definition) is 2. The number of benzene rings is 2. The molecule has 1 amide bonds. The van der Waals surface area contributed by atoms with Crippen LogP contribution >= 0.6 is 0 Å². The minimum atomic E-state index is 0.0407. The molecule has 2 N–H and O–H groups in total. The molecule has 0 radical (unpaired) electrons. The Balaban J connectivity index is 1.56. The third-order valence-corrected chi connectivity index (χ3v) is 6.88. The number of unbranched alkanes of at least 4 members (excludes halogenated alkanes) is 1. The first kappa shape index (κ1) is 23.9. The van der Waals surface area contributed by atoms with Crippen LogP contribution in [0.2, 0.25) is 0 Å². The fourth-order valence-electron chi connectivity index (χ4n) is 4.94. The molecule has 0 unspecified atom stereocenters. The summed E-state index contributed by atoms with van der Waals surface area (Å²) in [6, 6.07) is 19.1. The number of piperazine rings is 1. The van der Waals surface area contributed by atoms with Crippen LogP contribution in [-0.4, -0.2) is 52.3 Å². The standard InChI is InChI=1S/C30H32N4O2/c1-2-3-9-23-19-31-16-17-34(23)30(36)25-18-27(22-11-13-24(35)14-12-22)33-28-20-32-26(29(25)28)15-10-21-7-5-4-6-8-21/h4-8,10-15,18,23,31,35H,2-3,9,16-17,19-20H2,1H3/b15-10+/t23-/m0/s1. The van der Waals surface area contributed by atoms with Crippen molar-refractivity contribution in [2.45, 2.75) is 38.8 Å². The second-order valence-corrected chi connectivity index (χ2v) is 9.37. The summed E-state index contributed by atoms with van der Waals surface area (Å²) in [6.45, 7) is 4.92. The molecule has 1 fully saturated rings. The van der Waals surface area contributed by atoms with Crippen molar-refractivity contribution in [1.82, 2.24) is 15.2 Å². The summed E-state index contributed by atoms with van der Waals surface area (Å²) in [5.74, 6) is 0.242. The normalized spacial score (nSPS) is 17.3. The lowest BCUT2D eigenvalue weighted by Crippen LogP contribution is -2.53. The van der Waals surface area contributed by atoms with E-state index in [2.05, 4.69) is 12.2 Å². The van der Waals surface area contributed by atoms with Gasteiger partial charge in [0.25, 0.3) is 5.91 Å². The predicted octanol–water partition coefficient (Wildman–Crippen LogP) is 5.07. The summed E-state index contributed by atoms with van der Waals surface area (Å²) in [5, 5.41) is 13.2. The number of rotatable bonds is 7. The van der Waals surface area contributed by atoms with Gasteiger partial charge < -0.3 is 15.3 Å². The summed E-state index contributed by atoms with van der Waals surface area (Å²) >= 11 is 0. The maximum absolute atomic E-state index is 14.1. The van der Waals surface area contributed by atoms with Crippen LogP contribution in [0.25, 0.3) is 17.3 Å². The van der Waals surface area contributed by atoms with E-state index in [1.165, 1.54) is 0 Å². The van der Waals surface area contributed by atoms with Gasteiger partial charge in [0, 0.05) is 36.8 Å². The second-order valence-electron chi connectivity index (χ2n) is 9.37. The number of nitrogens with one attached hydrogen (secondary N) is 1. The average molecular weight is 481 g/mol. The van der Waals surface area contributed by atoms with Gasteiger partial charge in [-0.25, -0.2) is 0 Å². The number of amides is 1. The molecule has 3 heterocycles. The van der Waals surface area contributed by atoms with E-state index in [4.69, 9.17) is 9.98 Å². The van der Waals surface area contributed by atoms with Gasteiger partial charge in [0.05, 0.1) is 29.2 Å². The first-order chi connectivity index (χ1) is 17.6. The Hall–Kier alpha value is -3.77. The van der Waals surface area contributed by atoms with Gasteiger partial charge in [0.15, 0.2) is 0 Å². The lowest BCUT2D eigenvalue weighted by molar-refractivity contribution is 0.0622. The monoisotopic (exact) mass is 480 g/mol.